The molecule has 116 valence electrons. The highest BCUT2D eigenvalue weighted by molar-refractivity contribution is 6.56. The standard InChI is InChI=1S/C12H2Cl7NO2/c13-2-1-20-11(7(16)3(2)12(21)22)4-5(14)8(17)10(19)9(18)6(4)15/h1H,(H,21,22). The minimum Gasteiger partial charge on any atom is -0.478 e. The van der Waals surface area contributed by atoms with E-state index in [1.54, 1.807) is 0 Å². The molecule has 2 aromatic rings. The number of aromatic carboxylic acids is 1. The maximum atomic E-state index is 11.2. The summed E-state index contributed by atoms with van der Waals surface area (Å²) >= 11 is 41.9. The van der Waals surface area contributed by atoms with Crippen molar-refractivity contribution in [3.05, 3.63) is 46.9 Å². The van der Waals surface area contributed by atoms with E-state index in [9.17, 15) is 9.90 Å². The average Bonchev–Trinajstić information content (AvgIpc) is 2.45. The number of pyridine rings is 1. The molecule has 0 atom stereocenters. The van der Waals surface area contributed by atoms with Gasteiger partial charge < -0.3 is 5.11 Å². The third-order valence-corrected chi connectivity index (χ3v) is 5.57. The first-order chi connectivity index (χ1) is 10.2. The van der Waals surface area contributed by atoms with E-state index in [0.717, 1.165) is 6.20 Å². The second-order valence-electron chi connectivity index (χ2n) is 3.89. The van der Waals surface area contributed by atoms with Gasteiger partial charge in [0.05, 0.1) is 40.9 Å². The van der Waals surface area contributed by atoms with Crippen LogP contribution in [0.25, 0.3) is 11.3 Å². The number of aromatic nitrogens is 1. The van der Waals surface area contributed by atoms with Gasteiger partial charge in [-0.25, -0.2) is 4.79 Å². The molecule has 0 radical (unpaired) electrons. The molecule has 0 saturated heterocycles. The zero-order valence-electron chi connectivity index (χ0n) is 10.0. The van der Waals surface area contributed by atoms with E-state index in [4.69, 9.17) is 81.2 Å². The molecule has 1 N–H and O–H groups in total. The van der Waals surface area contributed by atoms with Crippen molar-refractivity contribution >= 4 is 87.2 Å². The van der Waals surface area contributed by atoms with Crippen molar-refractivity contribution < 1.29 is 9.90 Å². The predicted octanol–water partition coefficient (Wildman–Crippen LogP) is 7.02. The Bertz CT molecular complexity index is 778. The van der Waals surface area contributed by atoms with Gasteiger partial charge in [0.1, 0.15) is 5.56 Å². The van der Waals surface area contributed by atoms with E-state index in [0.29, 0.717) is 0 Å². The monoisotopic (exact) mass is 437 g/mol. The van der Waals surface area contributed by atoms with Crippen LogP contribution in [0.2, 0.25) is 35.2 Å². The largest absolute Gasteiger partial charge is 0.478 e. The molecule has 1 aromatic heterocycles. The lowest BCUT2D eigenvalue weighted by Crippen LogP contribution is -2.02. The van der Waals surface area contributed by atoms with E-state index >= 15 is 0 Å². The Morgan fingerprint density at radius 3 is 1.73 bits per heavy atom. The lowest BCUT2D eigenvalue weighted by atomic mass is 10.1. The molecule has 0 aliphatic heterocycles. The number of benzene rings is 1. The summed E-state index contributed by atoms with van der Waals surface area (Å²) in [5.41, 5.74) is -0.312. The number of nitrogens with zero attached hydrogens (tertiary/aromatic N) is 1. The second-order valence-corrected chi connectivity index (χ2v) is 6.57. The van der Waals surface area contributed by atoms with E-state index < -0.39 is 5.97 Å². The highest BCUT2D eigenvalue weighted by Crippen LogP contribution is 2.49. The summed E-state index contributed by atoms with van der Waals surface area (Å²) in [5, 5.41) is 8.51. The molecule has 1 heterocycles. The number of carboxylic acid groups (broad SMARTS) is 1. The molecule has 0 aliphatic rings. The first kappa shape index (κ1) is 18.2. The smallest absolute Gasteiger partial charge is 0.338 e. The van der Waals surface area contributed by atoms with Gasteiger partial charge in [0.25, 0.3) is 0 Å². The van der Waals surface area contributed by atoms with Crippen molar-refractivity contribution in [2.75, 3.05) is 0 Å². The summed E-state index contributed by atoms with van der Waals surface area (Å²) in [7, 11) is 0. The fourth-order valence-electron chi connectivity index (χ4n) is 1.65. The Balaban J connectivity index is 2.90. The van der Waals surface area contributed by atoms with Crippen LogP contribution in [0.5, 0.6) is 0 Å². The summed E-state index contributed by atoms with van der Waals surface area (Å²) in [6.07, 6.45) is 1.11. The number of halogens is 7. The van der Waals surface area contributed by atoms with Crippen LogP contribution in [0.4, 0.5) is 0 Å². The number of rotatable bonds is 2. The number of hydrogen-bond acceptors (Lipinski definition) is 2. The van der Waals surface area contributed by atoms with Crippen LogP contribution in [-0.4, -0.2) is 16.1 Å². The van der Waals surface area contributed by atoms with Gasteiger partial charge in [0.2, 0.25) is 0 Å². The molecule has 1 aromatic carbocycles. The Hall–Kier alpha value is -0.130. The van der Waals surface area contributed by atoms with Gasteiger partial charge >= 0.3 is 5.97 Å². The minimum atomic E-state index is -1.34. The van der Waals surface area contributed by atoms with E-state index in [2.05, 4.69) is 4.98 Å². The van der Waals surface area contributed by atoms with Gasteiger partial charge in [0.15, 0.2) is 0 Å². The third kappa shape index (κ3) is 2.96. The molecular weight excluding hydrogens is 438 g/mol. The second kappa shape index (κ2) is 6.78. The summed E-state index contributed by atoms with van der Waals surface area (Å²) in [6, 6.07) is 0. The SMILES string of the molecule is O=C(O)c1c(Cl)cnc(-c2c(Cl)c(Cl)c(Cl)c(Cl)c2Cl)c1Cl. The molecule has 0 amide bonds. The summed E-state index contributed by atoms with van der Waals surface area (Å²) in [6.45, 7) is 0. The molecule has 0 unspecified atom stereocenters. The Labute approximate surface area is 159 Å². The molecule has 22 heavy (non-hydrogen) atoms. The van der Waals surface area contributed by atoms with Crippen LogP contribution in [0.3, 0.4) is 0 Å². The lowest BCUT2D eigenvalue weighted by Gasteiger charge is -2.14. The maximum absolute atomic E-state index is 11.2. The Kier molecular flexibility index (Phi) is 5.61. The lowest BCUT2D eigenvalue weighted by molar-refractivity contribution is 0.0697. The predicted molar refractivity (Wildman–Crippen MR) is 91.7 cm³/mol. The van der Waals surface area contributed by atoms with Gasteiger partial charge in [0, 0.05) is 11.8 Å². The third-order valence-electron chi connectivity index (χ3n) is 2.63. The number of carboxylic acids is 1. The molecule has 2 rings (SSSR count). The van der Waals surface area contributed by atoms with E-state index in [1.807, 2.05) is 0 Å². The van der Waals surface area contributed by atoms with Crippen LogP contribution in [0.15, 0.2) is 6.20 Å². The summed E-state index contributed by atoms with van der Waals surface area (Å²) < 4.78 is 0. The van der Waals surface area contributed by atoms with Gasteiger partial charge in [-0.3, -0.25) is 4.98 Å². The van der Waals surface area contributed by atoms with Crippen LogP contribution < -0.4 is 0 Å². The zero-order valence-corrected chi connectivity index (χ0v) is 15.3. The normalized spacial score (nSPS) is 10.9. The highest BCUT2D eigenvalue weighted by Gasteiger charge is 2.26. The highest BCUT2D eigenvalue weighted by atomic mass is 35.5. The fourth-order valence-corrected chi connectivity index (χ4v) is 3.56. The fraction of sp³-hybridized carbons (Fsp3) is 0. The molecule has 0 spiro atoms. The van der Waals surface area contributed by atoms with Crippen LogP contribution >= 0.6 is 81.2 Å². The van der Waals surface area contributed by atoms with Crippen LogP contribution in [-0.2, 0) is 0 Å². The molecule has 0 saturated carbocycles. The van der Waals surface area contributed by atoms with Gasteiger partial charge in [-0.1, -0.05) is 81.2 Å². The average molecular weight is 440 g/mol. The van der Waals surface area contributed by atoms with Gasteiger partial charge in [-0.15, -0.1) is 0 Å². The Morgan fingerprint density at radius 1 is 0.818 bits per heavy atom. The van der Waals surface area contributed by atoms with Crippen molar-refractivity contribution in [3.63, 3.8) is 0 Å². The van der Waals surface area contributed by atoms with Crippen molar-refractivity contribution in [3.8, 4) is 11.3 Å². The van der Waals surface area contributed by atoms with Crippen molar-refractivity contribution in [2.45, 2.75) is 0 Å². The van der Waals surface area contributed by atoms with Crippen molar-refractivity contribution in [1.29, 1.82) is 0 Å². The molecule has 10 heteroatoms. The van der Waals surface area contributed by atoms with Gasteiger partial charge in [-0.2, -0.15) is 0 Å². The molecule has 0 bridgehead atoms. The quantitative estimate of drug-likeness (QED) is 0.403. The topological polar surface area (TPSA) is 50.2 Å². The number of carbonyl (C=O) groups is 1. The molecule has 0 fully saturated rings. The maximum Gasteiger partial charge on any atom is 0.338 e. The van der Waals surface area contributed by atoms with Crippen molar-refractivity contribution in [1.82, 2.24) is 4.98 Å². The first-order valence-electron chi connectivity index (χ1n) is 5.27. The molecule has 0 aliphatic carbocycles. The number of hydrogen-bond donors (Lipinski definition) is 1. The zero-order chi connectivity index (χ0) is 16.8. The summed E-state index contributed by atoms with van der Waals surface area (Å²) in [5.74, 6) is -1.34. The minimum absolute atomic E-state index is 0.0288. The van der Waals surface area contributed by atoms with E-state index in [1.165, 1.54) is 0 Å². The molecular formula is C12H2Cl7NO2. The first-order valence-corrected chi connectivity index (χ1v) is 7.92. The van der Waals surface area contributed by atoms with Crippen LogP contribution in [0, 0.1) is 0 Å². The van der Waals surface area contributed by atoms with E-state index in [-0.39, 0.29) is 52.0 Å². The van der Waals surface area contributed by atoms with Crippen LogP contribution in [0.1, 0.15) is 10.4 Å². The summed E-state index contributed by atoms with van der Waals surface area (Å²) in [4.78, 5) is 15.2. The van der Waals surface area contributed by atoms with Gasteiger partial charge in [-0.05, 0) is 0 Å². The van der Waals surface area contributed by atoms with Crippen molar-refractivity contribution in [2.24, 2.45) is 0 Å². The molecule has 3 nitrogen and oxygen atoms in total. The Morgan fingerprint density at radius 2 is 1.27 bits per heavy atom.